The maximum Gasteiger partial charge on any atom is 0.264 e. The lowest BCUT2D eigenvalue weighted by atomic mass is 10.1. The number of thiophene rings is 1. The molecule has 2 rings (SSSR count). The van der Waals surface area contributed by atoms with Crippen LogP contribution >= 0.6 is 11.3 Å². The molecular formula is C14H19N3O2S. The second kappa shape index (κ2) is 6.67. The molecular weight excluding hydrogens is 274 g/mol. The SMILES string of the molecule is C=CCC(N)C(=O)N1CCN(C(=O)c2cccs2)CC1. The van der Waals surface area contributed by atoms with Crippen LogP contribution in [0.5, 0.6) is 0 Å². The van der Waals surface area contributed by atoms with E-state index in [2.05, 4.69) is 6.58 Å². The maximum atomic E-state index is 12.2. The summed E-state index contributed by atoms with van der Waals surface area (Å²) in [5, 5.41) is 1.89. The molecule has 0 aromatic carbocycles. The summed E-state index contributed by atoms with van der Waals surface area (Å²) in [6.07, 6.45) is 2.13. The molecule has 1 fully saturated rings. The van der Waals surface area contributed by atoms with Crippen molar-refractivity contribution in [2.45, 2.75) is 12.5 Å². The van der Waals surface area contributed by atoms with Gasteiger partial charge in [-0.05, 0) is 17.9 Å². The topological polar surface area (TPSA) is 66.6 Å². The highest BCUT2D eigenvalue weighted by atomic mass is 32.1. The van der Waals surface area contributed by atoms with Crippen molar-refractivity contribution < 1.29 is 9.59 Å². The molecule has 1 aromatic heterocycles. The van der Waals surface area contributed by atoms with E-state index in [0.717, 1.165) is 4.88 Å². The predicted octanol–water partition coefficient (Wildman–Crippen LogP) is 0.936. The van der Waals surface area contributed by atoms with Crippen LogP contribution in [0, 0.1) is 0 Å². The fraction of sp³-hybridized carbons (Fsp3) is 0.429. The molecule has 0 aliphatic carbocycles. The standard InChI is InChI=1S/C14H19N3O2S/c1-2-4-11(15)13(18)16-6-8-17(9-7-16)14(19)12-5-3-10-20-12/h2-3,5,10-11H,1,4,6-9,15H2. The number of piperazine rings is 1. The van der Waals surface area contributed by atoms with Crippen molar-refractivity contribution in [3.05, 3.63) is 35.0 Å². The molecule has 0 bridgehead atoms. The van der Waals surface area contributed by atoms with Gasteiger partial charge in [0.2, 0.25) is 5.91 Å². The summed E-state index contributed by atoms with van der Waals surface area (Å²) < 4.78 is 0. The summed E-state index contributed by atoms with van der Waals surface area (Å²) in [6.45, 7) is 5.79. The van der Waals surface area contributed by atoms with E-state index in [9.17, 15) is 9.59 Å². The van der Waals surface area contributed by atoms with E-state index in [-0.39, 0.29) is 11.8 Å². The van der Waals surface area contributed by atoms with Crippen LogP contribution in [0.1, 0.15) is 16.1 Å². The second-order valence-electron chi connectivity index (χ2n) is 4.73. The zero-order valence-corrected chi connectivity index (χ0v) is 12.1. The van der Waals surface area contributed by atoms with Crippen LogP contribution in [0.25, 0.3) is 0 Å². The normalized spacial score (nSPS) is 16.9. The van der Waals surface area contributed by atoms with Crippen LogP contribution in [0.15, 0.2) is 30.2 Å². The van der Waals surface area contributed by atoms with Crippen molar-refractivity contribution in [3.63, 3.8) is 0 Å². The van der Waals surface area contributed by atoms with Crippen LogP contribution in [0.2, 0.25) is 0 Å². The Kier molecular flexibility index (Phi) is 4.92. The van der Waals surface area contributed by atoms with Gasteiger partial charge in [-0.2, -0.15) is 0 Å². The number of nitrogens with two attached hydrogens (primary N) is 1. The van der Waals surface area contributed by atoms with Gasteiger partial charge in [-0.1, -0.05) is 12.1 Å². The monoisotopic (exact) mass is 293 g/mol. The minimum absolute atomic E-state index is 0.0440. The Morgan fingerprint density at radius 3 is 2.55 bits per heavy atom. The van der Waals surface area contributed by atoms with Crippen LogP contribution in [-0.2, 0) is 4.79 Å². The van der Waals surface area contributed by atoms with Crippen LogP contribution in [-0.4, -0.2) is 53.8 Å². The summed E-state index contributed by atoms with van der Waals surface area (Å²) in [4.78, 5) is 28.5. The Labute approximate surface area is 122 Å². The number of amides is 2. The molecule has 0 radical (unpaired) electrons. The lowest BCUT2D eigenvalue weighted by molar-refractivity contribution is -0.134. The molecule has 2 heterocycles. The molecule has 5 nitrogen and oxygen atoms in total. The smallest absolute Gasteiger partial charge is 0.264 e. The molecule has 1 aromatic rings. The third-order valence-corrected chi connectivity index (χ3v) is 4.21. The van der Waals surface area contributed by atoms with Gasteiger partial charge in [-0.25, -0.2) is 0 Å². The quantitative estimate of drug-likeness (QED) is 0.840. The van der Waals surface area contributed by atoms with E-state index in [1.165, 1.54) is 11.3 Å². The van der Waals surface area contributed by atoms with Crippen molar-refractivity contribution in [3.8, 4) is 0 Å². The Bertz CT molecular complexity index is 479. The molecule has 1 saturated heterocycles. The summed E-state index contributed by atoms with van der Waals surface area (Å²) in [5.41, 5.74) is 5.79. The van der Waals surface area contributed by atoms with Gasteiger partial charge < -0.3 is 15.5 Å². The molecule has 0 saturated carbocycles. The van der Waals surface area contributed by atoms with Gasteiger partial charge in [0.1, 0.15) is 0 Å². The summed E-state index contributed by atoms with van der Waals surface area (Å²) in [6, 6.07) is 3.17. The lowest BCUT2D eigenvalue weighted by Gasteiger charge is -2.35. The lowest BCUT2D eigenvalue weighted by Crippen LogP contribution is -2.54. The number of carbonyl (C=O) groups excluding carboxylic acids is 2. The average molecular weight is 293 g/mol. The maximum absolute atomic E-state index is 12.2. The Morgan fingerprint density at radius 2 is 2.00 bits per heavy atom. The van der Waals surface area contributed by atoms with E-state index in [1.54, 1.807) is 15.9 Å². The van der Waals surface area contributed by atoms with Crippen molar-refractivity contribution in [1.82, 2.24) is 9.80 Å². The zero-order valence-electron chi connectivity index (χ0n) is 11.3. The molecule has 108 valence electrons. The van der Waals surface area contributed by atoms with E-state index >= 15 is 0 Å². The molecule has 2 amide bonds. The predicted molar refractivity (Wildman–Crippen MR) is 79.6 cm³/mol. The second-order valence-corrected chi connectivity index (χ2v) is 5.67. The van der Waals surface area contributed by atoms with Crippen LogP contribution in [0.3, 0.4) is 0 Å². The molecule has 1 atom stereocenters. The minimum atomic E-state index is -0.521. The van der Waals surface area contributed by atoms with E-state index in [4.69, 9.17) is 5.73 Å². The molecule has 1 unspecified atom stereocenters. The summed E-state index contributed by atoms with van der Waals surface area (Å²) >= 11 is 1.44. The van der Waals surface area contributed by atoms with Gasteiger partial charge >= 0.3 is 0 Å². The first-order valence-corrected chi connectivity index (χ1v) is 7.49. The third kappa shape index (κ3) is 3.26. The number of hydrogen-bond acceptors (Lipinski definition) is 4. The van der Waals surface area contributed by atoms with Crippen molar-refractivity contribution in [2.24, 2.45) is 5.73 Å². The van der Waals surface area contributed by atoms with Crippen molar-refractivity contribution in [1.29, 1.82) is 0 Å². The number of nitrogens with zero attached hydrogens (tertiary/aromatic N) is 2. The van der Waals surface area contributed by atoms with Crippen LogP contribution in [0.4, 0.5) is 0 Å². The molecule has 1 aliphatic heterocycles. The number of carbonyl (C=O) groups is 2. The van der Waals surface area contributed by atoms with Gasteiger partial charge in [0.05, 0.1) is 10.9 Å². The summed E-state index contributed by atoms with van der Waals surface area (Å²) in [7, 11) is 0. The largest absolute Gasteiger partial charge is 0.338 e. The highest BCUT2D eigenvalue weighted by Crippen LogP contribution is 2.14. The highest BCUT2D eigenvalue weighted by Gasteiger charge is 2.27. The minimum Gasteiger partial charge on any atom is -0.338 e. The molecule has 2 N–H and O–H groups in total. The first-order valence-electron chi connectivity index (χ1n) is 6.61. The molecule has 20 heavy (non-hydrogen) atoms. The number of hydrogen-bond donors (Lipinski definition) is 1. The van der Waals surface area contributed by atoms with E-state index in [1.807, 2.05) is 17.5 Å². The molecule has 6 heteroatoms. The van der Waals surface area contributed by atoms with Gasteiger partial charge in [0, 0.05) is 26.2 Å². The Morgan fingerprint density at radius 1 is 1.35 bits per heavy atom. The van der Waals surface area contributed by atoms with Gasteiger partial charge in [-0.15, -0.1) is 17.9 Å². The van der Waals surface area contributed by atoms with Crippen LogP contribution < -0.4 is 5.73 Å². The fourth-order valence-electron chi connectivity index (χ4n) is 2.20. The summed E-state index contributed by atoms with van der Waals surface area (Å²) in [5.74, 6) is -0.0180. The first-order chi connectivity index (χ1) is 9.63. The molecule has 0 spiro atoms. The first kappa shape index (κ1) is 14.7. The van der Waals surface area contributed by atoms with Gasteiger partial charge in [0.25, 0.3) is 5.91 Å². The van der Waals surface area contributed by atoms with Crippen molar-refractivity contribution >= 4 is 23.2 Å². The van der Waals surface area contributed by atoms with Gasteiger partial charge in [0.15, 0.2) is 0 Å². The Balaban J connectivity index is 1.88. The number of rotatable bonds is 4. The Hall–Kier alpha value is -1.66. The average Bonchev–Trinajstić information content (AvgIpc) is 3.00. The van der Waals surface area contributed by atoms with E-state index in [0.29, 0.717) is 32.6 Å². The fourth-order valence-corrected chi connectivity index (χ4v) is 2.89. The molecule has 1 aliphatic rings. The highest BCUT2D eigenvalue weighted by molar-refractivity contribution is 7.12. The zero-order chi connectivity index (χ0) is 14.5. The van der Waals surface area contributed by atoms with Crippen molar-refractivity contribution in [2.75, 3.05) is 26.2 Å². The van der Waals surface area contributed by atoms with E-state index < -0.39 is 6.04 Å². The third-order valence-electron chi connectivity index (χ3n) is 3.35. The van der Waals surface area contributed by atoms with Gasteiger partial charge in [-0.3, -0.25) is 9.59 Å².